The van der Waals surface area contributed by atoms with Crippen molar-refractivity contribution in [3.05, 3.63) is 193 Å². The van der Waals surface area contributed by atoms with E-state index in [4.69, 9.17) is 0 Å². The van der Waals surface area contributed by atoms with Crippen LogP contribution in [0.15, 0.2) is 176 Å². The predicted octanol–water partition coefficient (Wildman–Crippen LogP) is 14.4. The van der Waals surface area contributed by atoms with Crippen LogP contribution in [0.25, 0.3) is 87.6 Å². The van der Waals surface area contributed by atoms with Gasteiger partial charge in [-0.3, -0.25) is 0 Å². The fourth-order valence-electron chi connectivity index (χ4n) is 8.98. The van der Waals surface area contributed by atoms with Gasteiger partial charge >= 0.3 is 0 Å². The minimum atomic E-state index is -0.0325. The van der Waals surface area contributed by atoms with Crippen LogP contribution in [0.5, 0.6) is 0 Å². The zero-order valence-corrected chi connectivity index (χ0v) is 30.3. The van der Waals surface area contributed by atoms with Crippen LogP contribution in [-0.4, -0.2) is 4.57 Å². The Balaban J connectivity index is 0.965. The molecule has 0 aliphatic heterocycles. The minimum Gasteiger partial charge on any atom is -0.313 e. The number of nitrogens with zero attached hydrogens (tertiary/aromatic N) is 1. The summed E-state index contributed by atoms with van der Waals surface area (Å²) in [7, 11) is 0. The first-order valence-corrected chi connectivity index (χ1v) is 18.5. The molecule has 0 fully saturated rings. The lowest BCUT2D eigenvalue weighted by Crippen LogP contribution is -2.14. The summed E-state index contributed by atoms with van der Waals surface area (Å²) < 4.78 is 2.41. The maximum atomic E-state index is 4.44. The van der Waals surface area contributed by atoms with E-state index in [-0.39, 0.29) is 5.41 Å². The van der Waals surface area contributed by atoms with Crippen molar-refractivity contribution in [1.82, 2.24) is 4.57 Å². The molecule has 0 spiro atoms. The Bertz CT molecular complexity index is 3000. The van der Waals surface area contributed by atoms with E-state index in [1.807, 2.05) is 0 Å². The second kappa shape index (κ2) is 11.8. The lowest BCUT2D eigenvalue weighted by Gasteiger charge is -2.21. The van der Waals surface area contributed by atoms with Crippen molar-refractivity contribution < 1.29 is 0 Å². The van der Waals surface area contributed by atoms with Crippen molar-refractivity contribution in [2.24, 2.45) is 0 Å². The van der Waals surface area contributed by atoms with E-state index in [9.17, 15) is 0 Å². The van der Waals surface area contributed by atoms with Crippen LogP contribution in [0.4, 0.5) is 0 Å². The lowest BCUT2D eigenvalue weighted by atomic mass is 9.82. The molecule has 1 nitrogen and oxygen atoms in total. The lowest BCUT2D eigenvalue weighted by molar-refractivity contribution is 0.661. The van der Waals surface area contributed by atoms with Crippen LogP contribution in [0, 0.1) is 0 Å². The Morgan fingerprint density at radius 3 is 1.81 bits per heavy atom. The standard InChI is InChI=1S/C52H39N/c1-33(35-24-26-36(27-25-35)37-28-29-42-40-18-6-5-16-38(40)39-17-7-8-19-41(39)45(42)30-37)14-13-15-34(2)53-50-23-12-10-21-44(50)47-31-49-46(32-51(47)53)43-20-9-11-22-48(43)52(49,3)4/h5-32H,1H2,2-4H3/b14-13-,34-15+. The third-order valence-electron chi connectivity index (χ3n) is 11.7. The molecule has 1 aliphatic rings. The summed E-state index contributed by atoms with van der Waals surface area (Å²) >= 11 is 0. The summed E-state index contributed by atoms with van der Waals surface area (Å²) in [5.74, 6) is 0. The summed E-state index contributed by atoms with van der Waals surface area (Å²) in [6.07, 6.45) is 6.46. The molecule has 0 radical (unpaired) electrons. The summed E-state index contributed by atoms with van der Waals surface area (Å²) in [5, 5.41) is 10.4. The zero-order chi connectivity index (χ0) is 35.8. The Labute approximate surface area is 310 Å². The molecule has 0 saturated carbocycles. The smallest absolute Gasteiger partial charge is 0.0544 e. The third kappa shape index (κ3) is 4.77. The molecule has 0 amide bonds. The highest BCUT2D eigenvalue weighted by Crippen LogP contribution is 2.51. The molecule has 9 aromatic rings. The van der Waals surface area contributed by atoms with Crippen molar-refractivity contribution >= 4 is 65.4 Å². The van der Waals surface area contributed by atoms with Crippen molar-refractivity contribution in [3.63, 3.8) is 0 Å². The van der Waals surface area contributed by atoms with Gasteiger partial charge in [-0.2, -0.15) is 0 Å². The molecular weight excluding hydrogens is 639 g/mol. The van der Waals surface area contributed by atoms with Gasteiger partial charge in [-0.15, -0.1) is 0 Å². The molecule has 10 rings (SSSR count). The summed E-state index contributed by atoms with van der Waals surface area (Å²) in [4.78, 5) is 0. The number of aromatic nitrogens is 1. The number of benzene rings is 8. The van der Waals surface area contributed by atoms with E-state index < -0.39 is 0 Å². The fraction of sp³-hybridized carbons (Fsp3) is 0.0769. The van der Waals surface area contributed by atoms with E-state index in [2.05, 4.69) is 202 Å². The predicted molar refractivity (Wildman–Crippen MR) is 230 cm³/mol. The van der Waals surface area contributed by atoms with E-state index in [1.165, 1.54) is 87.5 Å². The van der Waals surface area contributed by atoms with Gasteiger partial charge in [0, 0.05) is 21.9 Å². The monoisotopic (exact) mass is 677 g/mol. The highest BCUT2D eigenvalue weighted by Gasteiger charge is 2.36. The van der Waals surface area contributed by atoms with Gasteiger partial charge in [-0.05, 0) is 114 Å². The summed E-state index contributed by atoms with van der Waals surface area (Å²) in [6, 6.07) is 55.7. The maximum Gasteiger partial charge on any atom is 0.0544 e. The molecule has 252 valence electrons. The highest BCUT2D eigenvalue weighted by molar-refractivity contribution is 6.25. The largest absolute Gasteiger partial charge is 0.313 e. The number of hydrogen-bond acceptors (Lipinski definition) is 0. The molecule has 0 atom stereocenters. The van der Waals surface area contributed by atoms with Crippen LogP contribution < -0.4 is 0 Å². The van der Waals surface area contributed by atoms with Gasteiger partial charge in [-0.1, -0.05) is 160 Å². The molecule has 0 saturated heterocycles. The van der Waals surface area contributed by atoms with Gasteiger partial charge in [0.1, 0.15) is 0 Å². The van der Waals surface area contributed by atoms with Crippen LogP contribution in [-0.2, 0) is 5.41 Å². The zero-order valence-electron chi connectivity index (χ0n) is 30.3. The first-order valence-electron chi connectivity index (χ1n) is 18.5. The molecule has 8 aromatic carbocycles. The molecule has 1 aromatic heterocycles. The number of rotatable bonds is 5. The average Bonchev–Trinajstić information content (AvgIpc) is 3.65. The van der Waals surface area contributed by atoms with E-state index in [1.54, 1.807) is 0 Å². The normalized spacial score (nSPS) is 13.8. The topological polar surface area (TPSA) is 4.93 Å². The van der Waals surface area contributed by atoms with E-state index in [0.29, 0.717) is 0 Å². The number of para-hydroxylation sites is 1. The van der Waals surface area contributed by atoms with Gasteiger partial charge in [0.15, 0.2) is 0 Å². The Morgan fingerprint density at radius 2 is 1.09 bits per heavy atom. The number of hydrogen-bond donors (Lipinski definition) is 0. The van der Waals surface area contributed by atoms with E-state index >= 15 is 0 Å². The summed E-state index contributed by atoms with van der Waals surface area (Å²) in [5.41, 5.74) is 13.6. The second-order valence-electron chi connectivity index (χ2n) is 15.1. The Hall–Kier alpha value is -6.44. The van der Waals surface area contributed by atoms with Crippen molar-refractivity contribution in [1.29, 1.82) is 0 Å². The molecule has 0 N–H and O–H groups in total. The van der Waals surface area contributed by atoms with Gasteiger partial charge < -0.3 is 4.57 Å². The molecule has 1 heterocycles. The van der Waals surface area contributed by atoms with Crippen LogP contribution in [0.3, 0.4) is 0 Å². The third-order valence-corrected chi connectivity index (χ3v) is 11.7. The van der Waals surface area contributed by atoms with Crippen LogP contribution in [0.1, 0.15) is 37.5 Å². The molecule has 0 unspecified atom stereocenters. The average molecular weight is 678 g/mol. The van der Waals surface area contributed by atoms with Crippen molar-refractivity contribution in [3.8, 4) is 22.3 Å². The Kier molecular flexibility index (Phi) is 6.97. The highest BCUT2D eigenvalue weighted by atomic mass is 15.0. The molecule has 53 heavy (non-hydrogen) atoms. The minimum absolute atomic E-state index is 0.0325. The van der Waals surface area contributed by atoms with Crippen molar-refractivity contribution in [2.75, 3.05) is 0 Å². The molecule has 1 heteroatoms. The SMILES string of the molecule is C=C(/C=C\C=C(/C)n1c2ccccc2c2cc3c(cc21)-c1ccccc1C3(C)C)c1ccc(-c2ccc3c4ccccc4c4ccccc4c3c2)cc1. The molecular formula is C52H39N. The second-order valence-corrected chi connectivity index (χ2v) is 15.1. The van der Waals surface area contributed by atoms with Crippen LogP contribution >= 0.6 is 0 Å². The first kappa shape index (κ1) is 31.3. The van der Waals surface area contributed by atoms with Crippen molar-refractivity contribution in [2.45, 2.75) is 26.2 Å². The fourth-order valence-corrected chi connectivity index (χ4v) is 8.98. The molecule has 0 bridgehead atoms. The van der Waals surface area contributed by atoms with Gasteiger partial charge in [0.25, 0.3) is 0 Å². The quantitative estimate of drug-likeness (QED) is 0.126. The summed E-state index contributed by atoms with van der Waals surface area (Å²) in [6.45, 7) is 11.4. The first-order chi connectivity index (χ1) is 25.9. The Morgan fingerprint density at radius 1 is 0.509 bits per heavy atom. The van der Waals surface area contributed by atoms with E-state index in [0.717, 1.165) is 16.8 Å². The molecule has 1 aliphatic carbocycles. The van der Waals surface area contributed by atoms with Gasteiger partial charge in [-0.25, -0.2) is 0 Å². The number of allylic oxidation sites excluding steroid dienone is 5. The van der Waals surface area contributed by atoms with Gasteiger partial charge in [0.2, 0.25) is 0 Å². The maximum absolute atomic E-state index is 4.44. The number of fused-ring (bicyclic) bond motifs is 12. The van der Waals surface area contributed by atoms with Crippen LogP contribution in [0.2, 0.25) is 0 Å². The van der Waals surface area contributed by atoms with Gasteiger partial charge in [0.05, 0.1) is 11.0 Å².